The van der Waals surface area contributed by atoms with Gasteiger partial charge in [-0.1, -0.05) is 6.92 Å². The molecule has 0 bridgehead atoms. The lowest BCUT2D eigenvalue weighted by atomic mass is 9.95. The number of likely N-dealkylation sites (tertiary alicyclic amines) is 1. The normalized spacial score (nSPS) is 27.4. The summed E-state index contributed by atoms with van der Waals surface area (Å²) in [6.07, 6.45) is 2.99. The van der Waals surface area contributed by atoms with E-state index in [0.717, 1.165) is 25.8 Å². The number of rotatable bonds is 3. The zero-order valence-corrected chi connectivity index (χ0v) is 12.1. The molecule has 2 unspecified atom stereocenters. The van der Waals surface area contributed by atoms with E-state index in [1.54, 1.807) is 0 Å². The third-order valence-corrected chi connectivity index (χ3v) is 4.12. The number of aliphatic carboxylic acids is 1. The van der Waals surface area contributed by atoms with E-state index in [4.69, 9.17) is 9.84 Å². The Labute approximate surface area is 119 Å². The minimum absolute atomic E-state index is 0.0434. The number of piperidine rings is 1. The lowest BCUT2D eigenvalue weighted by molar-refractivity contribution is -0.138. The van der Waals surface area contributed by atoms with Gasteiger partial charge in [-0.3, -0.25) is 4.79 Å². The number of carbonyl (C=O) groups is 2. The van der Waals surface area contributed by atoms with Crippen LogP contribution in [-0.4, -0.2) is 65.8 Å². The van der Waals surface area contributed by atoms with E-state index >= 15 is 0 Å². The summed E-state index contributed by atoms with van der Waals surface area (Å²) in [6.45, 7) is 5.24. The molecule has 0 aliphatic carbocycles. The minimum Gasteiger partial charge on any atom is -0.481 e. The lowest BCUT2D eigenvalue weighted by Gasteiger charge is -2.39. The average molecular weight is 284 g/mol. The van der Waals surface area contributed by atoms with Gasteiger partial charge in [0.05, 0.1) is 12.7 Å². The first-order chi connectivity index (χ1) is 9.60. The maximum absolute atomic E-state index is 12.5. The largest absolute Gasteiger partial charge is 0.481 e. The highest BCUT2D eigenvalue weighted by Gasteiger charge is 2.30. The van der Waals surface area contributed by atoms with Gasteiger partial charge in [0.25, 0.3) is 0 Å². The van der Waals surface area contributed by atoms with Gasteiger partial charge >= 0.3 is 12.0 Å². The highest BCUT2D eigenvalue weighted by Crippen LogP contribution is 2.21. The Hall–Kier alpha value is -1.30. The van der Waals surface area contributed by atoms with Crippen LogP contribution in [0.1, 0.15) is 32.6 Å². The molecular formula is C14H24N2O4. The lowest BCUT2D eigenvalue weighted by Crippen LogP contribution is -2.53. The van der Waals surface area contributed by atoms with Gasteiger partial charge in [0.1, 0.15) is 0 Å². The van der Waals surface area contributed by atoms with Crippen LogP contribution in [0, 0.1) is 5.92 Å². The predicted octanol–water partition coefficient (Wildman–Crippen LogP) is 1.40. The second-order valence-corrected chi connectivity index (χ2v) is 5.68. The maximum atomic E-state index is 12.5. The summed E-state index contributed by atoms with van der Waals surface area (Å²) in [6, 6.07) is 0.0434. The van der Waals surface area contributed by atoms with Crippen molar-refractivity contribution >= 4 is 12.0 Å². The summed E-state index contributed by atoms with van der Waals surface area (Å²) in [4.78, 5) is 27.0. The minimum atomic E-state index is -0.776. The number of ether oxygens (including phenoxy) is 1. The molecule has 0 aromatic carbocycles. The summed E-state index contributed by atoms with van der Waals surface area (Å²) >= 11 is 0. The van der Waals surface area contributed by atoms with E-state index in [1.165, 1.54) is 0 Å². The molecule has 2 saturated heterocycles. The van der Waals surface area contributed by atoms with Gasteiger partial charge in [-0.05, 0) is 25.2 Å². The Morgan fingerprint density at radius 1 is 1.25 bits per heavy atom. The van der Waals surface area contributed by atoms with Crippen molar-refractivity contribution < 1.29 is 19.4 Å². The molecule has 2 heterocycles. The zero-order valence-electron chi connectivity index (χ0n) is 12.1. The van der Waals surface area contributed by atoms with E-state index in [0.29, 0.717) is 26.2 Å². The molecular weight excluding hydrogens is 260 g/mol. The fourth-order valence-corrected chi connectivity index (χ4v) is 2.99. The van der Waals surface area contributed by atoms with E-state index in [-0.39, 0.29) is 24.5 Å². The first-order valence-electron chi connectivity index (χ1n) is 7.47. The second-order valence-electron chi connectivity index (χ2n) is 5.68. The summed E-state index contributed by atoms with van der Waals surface area (Å²) < 4.78 is 5.58. The number of morpholine rings is 1. The van der Waals surface area contributed by atoms with Crippen LogP contribution in [0.5, 0.6) is 0 Å². The molecule has 2 aliphatic heterocycles. The van der Waals surface area contributed by atoms with Crippen LogP contribution < -0.4 is 0 Å². The second kappa shape index (κ2) is 6.92. The number of carboxylic acid groups (broad SMARTS) is 1. The molecule has 2 fully saturated rings. The summed E-state index contributed by atoms with van der Waals surface area (Å²) in [5.41, 5.74) is 0. The first kappa shape index (κ1) is 15.1. The van der Waals surface area contributed by atoms with Crippen LogP contribution in [0.4, 0.5) is 4.79 Å². The Bertz CT molecular complexity index is 361. The highest BCUT2D eigenvalue weighted by atomic mass is 16.5. The molecule has 2 amide bonds. The molecule has 2 atom stereocenters. The van der Waals surface area contributed by atoms with Gasteiger partial charge < -0.3 is 19.6 Å². The average Bonchev–Trinajstić information content (AvgIpc) is 2.46. The number of urea groups is 1. The molecule has 6 heteroatoms. The van der Waals surface area contributed by atoms with Gasteiger partial charge in [-0.15, -0.1) is 0 Å². The Kier molecular flexibility index (Phi) is 5.23. The number of hydrogen-bond acceptors (Lipinski definition) is 3. The molecule has 2 rings (SSSR count). The molecule has 0 radical (unpaired) electrons. The van der Waals surface area contributed by atoms with Crippen molar-refractivity contribution in [2.75, 3.05) is 32.8 Å². The van der Waals surface area contributed by atoms with Crippen molar-refractivity contribution in [2.45, 2.75) is 38.7 Å². The summed E-state index contributed by atoms with van der Waals surface area (Å²) in [5.74, 6) is -0.685. The van der Waals surface area contributed by atoms with Crippen molar-refractivity contribution in [2.24, 2.45) is 5.92 Å². The Morgan fingerprint density at radius 3 is 2.70 bits per heavy atom. The van der Waals surface area contributed by atoms with Gasteiger partial charge in [0.2, 0.25) is 0 Å². The fraction of sp³-hybridized carbons (Fsp3) is 0.857. The van der Waals surface area contributed by atoms with Gasteiger partial charge in [0, 0.05) is 32.6 Å². The summed E-state index contributed by atoms with van der Waals surface area (Å²) in [5, 5.41) is 8.88. The van der Waals surface area contributed by atoms with Crippen LogP contribution in [-0.2, 0) is 9.53 Å². The summed E-state index contributed by atoms with van der Waals surface area (Å²) in [7, 11) is 0. The monoisotopic (exact) mass is 284 g/mol. The fourth-order valence-electron chi connectivity index (χ4n) is 2.99. The number of nitrogens with zero attached hydrogens (tertiary/aromatic N) is 2. The molecule has 0 aromatic heterocycles. The number of amides is 2. The Morgan fingerprint density at radius 2 is 2.00 bits per heavy atom. The molecule has 114 valence electrons. The molecule has 0 saturated carbocycles. The number of carbonyl (C=O) groups excluding carboxylic acids is 1. The zero-order chi connectivity index (χ0) is 14.5. The van der Waals surface area contributed by atoms with Crippen LogP contribution in [0.3, 0.4) is 0 Å². The molecule has 1 N–H and O–H groups in total. The molecule has 6 nitrogen and oxygen atoms in total. The van der Waals surface area contributed by atoms with Gasteiger partial charge in [-0.25, -0.2) is 4.79 Å². The maximum Gasteiger partial charge on any atom is 0.320 e. The highest BCUT2D eigenvalue weighted by molar-refractivity contribution is 5.75. The predicted molar refractivity (Wildman–Crippen MR) is 73.5 cm³/mol. The van der Waals surface area contributed by atoms with Crippen molar-refractivity contribution in [3.05, 3.63) is 0 Å². The van der Waals surface area contributed by atoms with Crippen molar-refractivity contribution in [3.63, 3.8) is 0 Å². The molecule has 20 heavy (non-hydrogen) atoms. The number of carboxylic acids is 1. The third kappa shape index (κ3) is 3.85. The quantitative estimate of drug-likeness (QED) is 0.850. The van der Waals surface area contributed by atoms with Gasteiger partial charge in [0.15, 0.2) is 0 Å². The molecule has 0 spiro atoms. The van der Waals surface area contributed by atoms with Crippen LogP contribution in [0.2, 0.25) is 0 Å². The topological polar surface area (TPSA) is 70.1 Å². The first-order valence-corrected chi connectivity index (χ1v) is 7.47. The van der Waals surface area contributed by atoms with Crippen LogP contribution >= 0.6 is 0 Å². The molecule has 2 aliphatic rings. The van der Waals surface area contributed by atoms with E-state index in [9.17, 15) is 9.59 Å². The van der Waals surface area contributed by atoms with Crippen LogP contribution in [0.25, 0.3) is 0 Å². The SMILES string of the molecule is CCC1CN(C(=O)N2CCCC(CC(=O)O)C2)CCO1. The number of hydrogen-bond donors (Lipinski definition) is 1. The van der Waals surface area contributed by atoms with E-state index < -0.39 is 5.97 Å². The smallest absolute Gasteiger partial charge is 0.320 e. The van der Waals surface area contributed by atoms with Crippen LogP contribution in [0.15, 0.2) is 0 Å². The van der Waals surface area contributed by atoms with E-state index in [2.05, 4.69) is 6.92 Å². The van der Waals surface area contributed by atoms with E-state index in [1.807, 2.05) is 9.80 Å². The third-order valence-electron chi connectivity index (χ3n) is 4.12. The van der Waals surface area contributed by atoms with Crippen molar-refractivity contribution in [1.29, 1.82) is 0 Å². The standard InChI is InChI=1S/C14H24N2O4/c1-2-12-10-16(6-7-20-12)14(19)15-5-3-4-11(9-15)8-13(17)18/h11-12H,2-10H2,1H3,(H,17,18). The van der Waals surface area contributed by atoms with Gasteiger partial charge in [-0.2, -0.15) is 0 Å². The van der Waals surface area contributed by atoms with Crippen molar-refractivity contribution in [1.82, 2.24) is 9.80 Å². The molecule has 0 aromatic rings. The van der Waals surface area contributed by atoms with Crippen molar-refractivity contribution in [3.8, 4) is 0 Å². The Balaban J connectivity index is 1.89.